The Labute approximate surface area is 39.9 Å². The fourth-order valence-electron chi connectivity index (χ4n) is 0.286. The van der Waals surface area contributed by atoms with E-state index in [1.54, 1.807) is 12.4 Å². The molecule has 0 aliphatic carbocycles. The standard InChI is InChI=1S/C3H5N3O/c4-3(7)6-2-1-5-6/h1-2,5H,(H2,4,7). The summed E-state index contributed by atoms with van der Waals surface area (Å²) >= 11 is 0. The summed E-state index contributed by atoms with van der Waals surface area (Å²) in [6, 6.07) is -0.484. The van der Waals surface area contributed by atoms with Gasteiger partial charge in [-0.15, -0.1) is 0 Å². The predicted molar refractivity (Wildman–Crippen MR) is 23.8 cm³/mol. The molecule has 4 nitrogen and oxygen atoms in total. The molecule has 1 aromatic rings. The molecule has 38 valence electrons. The summed E-state index contributed by atoms with van der Waals surface area (Å²) < 4.78 is 1.18. The number of nitrogens with zero attached hydrogens (tertiary/aromatic N) is 1. The molecule has 0 aromatic carbocycles. The Bertz CT molecular complexity index is 154. The van der Waals surface area contributed by atoms with Gasteiger partial charge in [0.2, 0.25) is 0 Å². The van der Waals surface area contributed by atoms with Gasteiger partial charge in [-0.25, -0.2) is 9.48 Å². The molecule has 1 heterocycles. The zero-order valence-electron chi connectivity index (χ0n) is 3.59. The van der Waals surface area contributed by atoms with E-state index in [9.17, 15) is 4.79 Å². The zero-order valence-corrected chi connectivity index (χ0v) is 3.59. The molecular weight excluding hydrogens is 94.1 g/mol. The third kappa shape index (κ3) is 0.489. The molecular formula is C3H5N3O. The van der Waals surface area contributed by atoms with Crippen LogP contribution in [0.2, 0.25) is 0 Å². The molecule has 0 atom stereocenters. The van der Waals surface area contributed by atoms with Crippen LogP contribution in [0.3, 0.4) is 0 Å². The molecule has 1 amide bonds. The van der Waals surface area contributed by atoms with E-state index in [0.717, 1.165) is 0 Å². The van der Waals surface area contributed by atoms with Gasteiger partial charge in [-0.3, -0.25) is 5.10 Å². The number of nitrogens with two attached hydrogens (primary N) is 1. The number of carbonyl (C=O) groups excluding carboxylic acids is 1. The van der Waals surface area contributed by atoms with Crippen molar-refractivity contribution in [1.82, 2.24) is 9.78 Å². The number of rotatable bonds is 0. The van der Waals surface area contributed by atoms with E-state index in [4.69, 9.17) is 5.73 Å². The fraction of sp³-hybridized carbons (Fsp3) is 0. The van der Waals surface area contributed by atoms with Gasteiger partial charge in [0.1, 0.15) is 0 Å². The minimum absolute atomic E-state index is 0.484. The maximum Gasteiger partial charge on any atom is 0.337 e. The van der Waals surface area contributed by atoms with Crippen molar-refractivity contribution in [2.24, 2.45) is 5.73 Å². The minimum Gasteiger partial charge on any atom is -0.350 e. The molecule has 0 spiro atoms. The molecule has 0 bridgehead atoms. The van der Waals surface area contributed by atoms with E-state index >= 15 is 0 Å². The fourth-order valence-corrected chi connectivity index (χ4v) is 0.286. The van der Waals surface area contributed by atoms with E-state index in [0.29, 0.717) is 0 Å². The third-order valence-electron chi connectivity index (χ3n) is 0.675. The lowest BCUT2D eigenvalue weighted by Crippen LogP contribution is -2.23. The molecule has 1 aromatic heterocycles. The van der Waals surface area contributed by atoms with E-state index < -0.39 is 6.03 Å². The Morgan fingerprint density at radius 2 is 2.43 bits per heavy atom. The topological polar surface area (TPSA) is 63.8 Å². The number of nitrogens with one attached hydrogen (secondary N) is 1. The summed E-state index contributed by atoms with van der Waals surface area (Å²) in [4.78, 5) is 10.0. The number of aromatic amines is 1. The van der Waals surface area contributed by atoms with Gasteiger partial charge in [0.25, 0.3) is 0 Å². The summed E-state index contributed by atoms with van der Waals surface area (Å²) in [5, 5.41) is 2.52. The predicted octanol–water partition coefficient (Wildman–Crippen LogP) is -0.257. The van der Waals surface area contributed by atoms with Crippen LogP contribution in [0.25, 0.3) is 0 Å². The number of hydrogen-bond donors (Lipinski definition) is 2. The zero-order chi connectivity index (χ0) is 5.28. The SMILES string of the molecule is NC(=O)n1cc[nH]1. The van der Waals surface area contributed by atoms with Crippen LogP contribution < -0.4 is 5.73 Å². The van der Waals surface area contributed by atoms with Crippen molar-refractivity contribution in [3.63, 3.8) is 0 Å². The van der Waals surface area contributed by atoms with Crippen molar-refractivity contribution < 1.29 is 4.79 Å². The first-order valence-corrected chi connectivity index (χ1v) is 1.82. The monoisotopic (exact) mass is 99.0 g/mol. The van der Waals surface area contributed by atoms with Crippen molar-refractivity contribution in [3.05, 3.63) is 12.4 Å². The second kappa shape index (κ2) is 1.14. The smallest absolute Gasteiger partial charge is 0.337 e. The second-order valence-corrected chi connectivity index (χ2v) is 1.15. The second-order valence-electron chi connectivity index (χ2n) is 1.15. The highest BCUT2D eigenvalue weighted by atomic mass is 16.2. The molecule has 0 saturated carbocycles. The number of H-pyrrole nitrogens is 1. The quantitative estimate of drug-likeness (QED) is 0.462. The van der Waals surface area contributed by atoms with E-state index in [-0.39, 0.29) is 0 Å². The first-order valence-electron chi connectivity index (χ1n) is 1.82. The largest absolute Gasteiger partial charge is 0.350 e. The van der Waals surface area contributed by atoms with Gasteiger partial charge < -0.3 is 5.73 Å². The normalized spacial score (nSPS) is 9.14. The summed E-state index contributed by atoms with van der Waals surface area (Å²) in [5.41, 5.74) is 4.77. The van der Waals surface area contributed by atoms with Gasteiger partial charge in [0.05, 0.1) is 0 Å². The van der Waals surface area contributed by atoms with E-state index in [2.05, 4.69) is 5.10 Å². The molecule has 0 aliphatic heterocycles. The van der Waals surface area contributed by atoms with Crippen LogP contribution in [0.15, 0.2) is 12.4 Å². The number of hydrogen-bond acceptors (Lipinski definition) is 1. The van der Waals surface area contributed by atoms with E-state index in [1.165, 1.54) is 4.68 Å². The summed E-state index contributed by atoms with van der Waals surface area (Å²) in [6.07, 6.45) is 3.16. The lowest BCUT2D eigenvalue weighted by Gasteiger charge is -2.00. The maximum atomic E-state index is 10.0. The Kier molecular flexibility index (Phi) is 0.651. The molecule has 7 heavy (non-hydrogen) atoms. The van der Waals surface area contributed by atoms with Crippen LogP contribution in [0.5, 0.6) is 0 Å². The van der Waals surface area contributed by atoms with Gasteiger partial charge in [-0.1, -0.05) is 0 Å². The average molecular weight is 99.1 g/mol. The molecule has 0 unspecified atom stereocenters. The molecule has 0 saturated heterocycles. The van der Waals surface area contributed by atoms with Gasteiger partial charge >= 0.3 is 6.03 Å². The Morgan fingerprint density at radius 1 is 1.86 bits per heavy atom. The Balaban J connectivity index is 2.73. The van der Waals surface area contributed by atoms with Crippen LogP contribution in [0.4, 0.5) is 4.79 Å². The lowest BCUT2D eigenvalue weighted by molar-refractivity contribution is 0.246. The highest BCUT2D eigenvalue weighted by Gasteiger charge is 1.92. The van der Waals surface area contributed by atoms with E-state index in [1.807, 2.05) is 0 Å². The molecule has 0 fully saturated rings. The summed E-state index contributed by atoms with van der Waals surface area (Å²) in [5.74, 6) is 0. The number of aromatic nitrogens is 2. The molecule has 3 N–H and O–H groups in total. The van der Waals surface area contributed by atoms with Gasteiger partial charge in [0, 0.05) is 12.4 Å². The highest BCUT2D eigenvalue weighted by Crippen LogP contribution is 1.78. The number of carbonyl (C=O) groups is 1. The van der Waals surface area contributed by atoms with Gasteiger partial charge in [-0.2, -0.15) is 0 Å². The van der Waals surface area contributed by atoms with Crippen LogP contribution in [0.1, 0.15) is 0 Å². The van der Waals surface area contributed by atoms with Crippen molar-refractivity contribution >= 4 is 6.03 Å². The van der Waals surface area contributed by atoms with Crippen LogP contribution in [-0.4, -0.2) is 15.8 Å². The van der Waals surface area contributed by atoms with Crippen molar-refractivity contribution in [2.75, 3.05) is 0 Å². The highest BCUT2D eigenvalue weighted by molar-refractivity contribution is 5.73. The Hall–Kier alpha value is -1.19. The molecule has 0 radical (unpaired) electrons. The van der Waals surface area contributed by atoms with Crippen LogP contribution >= 0.6 is 0 Å². The summed E-state index contributed by atoms with van der Waals surface area (Å²) in [7, 11) is 0. The first kappa shape index (κ1) is 3.98. The lowest BCUT2D eigenvalue weighted by atomic mass is 10.8. The number of amides is 1. The molecule has 1 rings (SSSR count). The molecule has 4 heteroatoms. The van der Waals surface area contributed by atoms with Gasteiger partial charge in [0.15, 0.2) is 0 Å². The maximum absolute atomic E-state index is 10.0. The van der Waals surface area contributed by atoms with Crippen molar-refractivity contribution in [1.29, 1.82) is 0 Å². The summed E-state index contributed by atoms with van der Waals surface area (Å²) in [6.45, 7) is 0. The minimum atomic E-state index is -0.484. The van der Waals surface area contributed by atoms with Gasteiger partial charge in [-0.05, 0) is 0 Å². The molecule has 0 aliphatic rings. The van der Waals surface area contributed by atoms with Crippen molar-refractivity contribution in [2.45, 2.75) is 0 Å². The van der Waals surface area contributed by atoms with Crippen LogP contribution in [-0.2, 0) is 0 Å². The third-order valence-corrected chi connectivity index (χ3v) is 0.675. The average Bonchev–Trinajstić information content (AvgIpc) is 1.23. The van der Waals surface area contributed by atoms with Crippen LogP contribution in [0, 0.1) is 0 Å². The van der Waals surface area contributed by atoms with Crippen molar-refractivity contribution in [3.8, 4) is 0 Å². The Morgan fingerprint density at radius 3 is 2.43 bits per heavy atom. The number of primary amides is 1. The first-order chi connectivity index (χ1) is 3.30.